The Morgan fingerprint density at radius 3 is 1.79 bits per heavy atom. The zero-order chi connectivity index (χ0) is 13.9. The molecule has 1 atom stereocenters. The van der Waals surface area contributed by atoms with E-state index in [1.165, 1.54) is 16.7 Å². The van der Waals surface area contributed by atoms with Gasteiger partial charge in [0.1, 0.15) is 0 Å². The molecule has 1 nitrogen and oxygen atoms in total. The molecule has 0 bridgehead atoms. The number of hydrogen-bond acceptors (Lipinski definition) is 0. The SMILES string of the molecule is [CH-][N+](C)(Cc1ccc(C)cc1)Cc1ccc(Br)cc1. The molecule has 0 saturated heterocycles. The lowest BCUT2D eigenvalue weighted by Crippen LogP contribution is -2.35. The highest BCUT2D eigenvalue weighted by Crippen LogP contribution is 2.18. The Bertz CT molecular complexity index is 477. The molecule has 0 aliphatic heterocycles. The van der Waals surface area contributed by atoms with E-state index < -0.39 is 0 Å². The van der Waals surface area contributed by atoms with E-state index in [4.69, 9.17) is 7.05 Å². The van der Waals surface area contributed by atoms with E-state index in [1.54, 1.807) is 0 Å². The number of quaternary nitrogens is 1. The van der Waals surface area contributed by atoms with Crippen molar-refractivity contribution in [1.29, 1.82) is 0 Å². The summed E-state index contributed by atoms with van der Waals surface area (Å²) in [4.78, 5) is 0. The Balaban J connectivity index is 2.05. The van der Waals surface area contributed by atoms with Crippen molar-refractivity contribution in [2.75, 3.05) is 7.05 Å². The van der Waals surface area contributed by atoms with Crippen LogP contribution in [0.1, 0.15) is 16.7 Å². The zero-order valence-corrected chi connectivity index (χ0v) is 13.0. The third-order valence-electron chi connectivity index (χ3n) is 3.12. The zero-order valence-electron chi connectivity index (χ0n) is 11.4. The summed E-state index contributed by atoms with van der Waals surface area (Å²) >= 11 is 3.45. The molecule has 1 unspecified atom stereocenters. The molecule has 0 fully saturated rings. The van der Waals surface area contributed by atoms with Crippen molar-refractivity contribution in [1.82, 2.24) is 0 Å². The van der Waals surface area contributed by atoms with Crippen molar-refractivity contribution in [2.24, 2.45) is 0 Å². The molecule has 2 aromatic rings. The van der Waals surface area contributed by atoms with Crippen molar-refractivity contribution in [3.8, 4) is 0 Å². The summed E-state index contributed by atoms with van der Waals surface area (Å²) < 4.78 is 1.56. The van der Waals surface area contributed by atoms with E-state index in [-0.39, 0.29) is 0 Å². The largest absolute Gasteiger partial charge is 0.472 e. The fraction of sp³-hybridized carbons (Fsp3) is 0.235. The molecule has 2 rings (SSSR count). The van der Waals surface area contributed by atoms with Crippen LogP contribution in [0.5, 0.6) is 0 Å². The van der Waals surface area contributed by atoms with Gasteiger partial charge in [-0.15, -0.1) is 0 Å². The fourth-order valence-electron chi connectivity index (χ4n) is 2.17. The monoisotopic (exact) mass is 316 g/mol. The first-order valence-corrected chi connectivity index (χ1v) is 7.17. The second-order valence-electron chi connectivity index (χ2n) is 5.41. The van der Waals surface area contributed by atoms with Crippen LogP contribution in [0.2, 0.25) is 0 Å². The molecule has 0 aromatic heterocycles. The van der Waals surface area contributed by atoms with Crippen LogP contribution in [0.15, 0.2) is 53.0 Å². The summed E-state index contributed by atoms with van der Waals surface area (Å²) in [6, 6.07) is 16.9. The van der Waals surface area contributed by atoms with E-state index in [9.17, 15) is 0 Å². The highest BCUT2D eigenvalue weighted by Gasteiger charge is 2.10. The average Bonchev–Trinajstić information content (AvgIpc) is 2.34. The predicted molar refractivity (Wildman–Crippen MR) is 83.2 cm³/mol. The molecular formula is C17H19BrN. The maximum absolute atomic E-state index is 6.38. The van der Waals surface area contributed by atoms with E-state index in [0.717, 1.165) is 17.6 Å². The van der Waals surface area contributed by atoms with Gasteiger partial charge < -0.3 is 4.48 Å². The van der Waals surface area contributed by atoms with Gasteiger partial charge in [0, 0.05) is 22.6 Å². The van der Waals surface area contributed by atoms with Gasteiger partial charge in [0.05, 0.1) is 13.1 Å². The summed E-state index contributed by atoms with van der Waals surface area (Å²) in [5, 5.41) is 0. The van der Waals surface area contributed by atoms with Crippen molar-refractivity contribution in [2.45, 2.75) is 20.0 Å². The lowest BCUT2D eigenvalue weighted by Gasteiger charge is -2.40. The van der Waals surface area contributed by atoms with E-state index in [0.29, 0.717) is 4.48 Å². The average molecular weight is 317 g/mol. The fourth-order valence-corrected chi connectivity index (χ4v) is 2.44. The topological polar surface area (TPSA) is 0 Å². The van der Waals surface area contributed by atoms with Crippen molar-refractivity contribution >= 4 is 15.9 Å². The molecule has 0 heterocycles. The van der Waals surface area contributed by atoms with Gasteiger partial charge in [0.25, 0.3) is 0 Å². The molecule has 0 spiro atoms. The smallest absolute Gasteiger partial charge is 0.0788 e. The minimum atomic E-state index is 0.463. The molecule has 19 heavy (non-hydrogen) atoms. The number of hydrogen-bond donors (Lipinski definition) is 0. The number of halogens is 1. The van der Waals surface area contributed by atoms with Crippen LogP contribution in [0.4, 0.5) is 0 Å². The van der Waals surface area contributed by atoms with Gasteiger partial charge >= 0.3 is 0 Å². The van der Waals surface area contributed by atoms with E-state index in [1.807, 2.05) is 0 Å². The molecule has 0 aliphatic carbocycles. The molecule has 2 heteroatoms. The lowest BCUT2D eigenvalue weighted by atomic mass is 10.1. The molecule has 0 amide bonds. The van der Waals surface area contributed by atoms with Gasteiger partial charge in [0.2, 0.25) is 0 Å². The summed E-state index contributed by atoms with van der Waals surface area (Å²) in [6.07, 6.45) is 0. The highest BCUT2D eigenvalue weighted by molar-refractivity contribution is 9.10. The van der Waals surface area contributed by atoms with Gasteiger partial charge in [-0.1, -0.05) is 57.9 Å². The Labute approximate surface area is 124 Å². The molecule has 2 aromatic carbocycles. The molecule has 0 saturated carbocycles. The first kappa shape index (κ1) is 14.3. The quantitative estimate of drug-likeness (QED) is 0.572. The van der Waals surface area contributed by atoms with E-state index >= 15 is 0 Å². The lowest BCUT2D eigenvalue weighted by molar-refractivity contribution is -0.893. The van der Waals surface area contributed by atoms with Gasteiger partial charge in [-0.05, 0) is 19.1 Å². The van der Waals surface area contributed by atoms with Crippen molar-refractivity contribution in [3.63, 3.8) is 0 Å². The second-order valence-corrected chi connectivity index (χ2v) is 6.32. The molecule has 0 aliphatic rings. The minimum Gasteiger partial charge on any atom is -0.472 e. The third-order valence-corrected chi connectivity index (χ3v) is 3.65. The minimum absolute atomic E-state index is 0.463. The maximum Gasteiger partial charge on any atom is 0.0788 e. The highest BCUT2D eigenvalue weighted by atomic mass is 79.9. The van der Waals surface area contributed by atoms with Gasteiger partial charge in [0.15, 0.2) is 0 Å². The summed E-state index contributed by atoms with van der Waals surface area (Å²) in [5.74, 6) is 0. The summed E-state index contributed by atoms with van der Waals surface area (Å²) in [6.45, 7) is 3.75. The number of aryl methyl sites for hydroxylation is 1. The van der Waals surface area contributed by atoms with E-state index in [2.05, 4.69) is 78.4 Å². The van der Waals surface area contributed by atoms with Crippen LogP contribution < -0.4 is 0 Å². The van der Waals surface area contributed by atoms with Crippen molar-refractivity contribution < 1.29 is 4.48 Å². The Kier molecular flexibility index (Phi) is 4.43. The van der Waals surface area contributed by atoms with Crippen LogP contribution >= 0.6 is 15.9 Å². The number of benzene rings is 2. The van der Waals surface area contributed by atoms with Gasteiger partial charge in [-0.2, -0.15) is 0 Å². The van der Waals surface area contributed by atoms with Crippen LogP contribution in [0.3, 0.4) is 0 Å². The maximum atomic E-state index is 6.38. The first-order chi connectivity index (χ1) is 8.94. The number of rotatable bonds is 4. The first-order valence-electron chi connectivity index (χ1n) is 6.38. The Morgan fingerprint density at radius 2 is 1.32 bits per heavy atom. The van der Waals surface area contributed by atoms with Crippen LogP contribution in [-0.4, -0.2) is 11.5 Å². The molecule has 1 radical (unpaired) electrons. The predicted octanol–water partition coefficient (Wildman–Crippen LogP) is 4.57. The second kappa shape index (κ2) is 5.89. The van der Waals surface area contributed by atoms with Crippen molar-refractivity contribution in [3.05, 3.63) is 76.7 Å². The number of nitrogens with zero attached hydrogens (tertiary/aromatic N) is 1. The van der Waals surface area contributed by atoms with Crippen LogP contribution in [-0.2, 0) is 13.1 Å². The van der Waals surface area contributed by atoms with Crippen LogP contribution in [0, 0.1) is 14.0 Å². The third kappa shape index (κ3) is 4.48. The van der Waals surface area contributed by atoms with Crippen LogP contribution in [0.25, 0.3) is 0 Å². The Morgan fingerprint density at radius 1 is 0.895 bits per heavy atom. The Hall–Kier alpha value is -1.12. The van der Waals surface area contributed by atoms with Gasteiger partial charge in [-0.3, -0.25) is 0 Å². The molecule has 0 N–H and O–H groups in total. The molecular weight excluding hydrogens is 298 g/mol. The summed E-state index contributed by atoms with van der Waals surface area (Å²) in [7, 11) is 8.44. The summed E-state index contributed by atoms with van der Waals surface area (Å²) in [5.41, 5.74) is 3.80. The molecule has 99 valence electrons. The normalized spacial score (nSPS) is 14.1. The standard InChI is InChI=1S/C17H19BrN/c1-14-4-6-15(7-5-14)12-19(2,3)13-16-8-10-17(18)11-9-16/h2,4-11H,12-13H2,1,3H3. The van der Waals surface area contributed by atoms with Gasteiger partial charge in [-0.25, -0.2) is 7.05 Å².